The van der Waals surface area contributed by atoms with Crippen LogP contribution < -0.4 is 4.74 Å². The molecule has 0 atom stereocenters. The van der Waals surface area contributed by atoms with Gasteiger partial charge in [-0.3, -0.25) is 9.97 Å². The van der Waals surface area contributed by atoms with E-state index in [0.29, 0.717) is 0 Å². The predicted octanol–water partition coefficient (Wildman–Crippen LogP) is 5.02. The van der Waals surface area contributed by atoms with Crippen LogP contribution in [0.5, 0.6) is 5.75 Å². The van der Waals surface area contributed by atoms with Gasteiger partial charge in [-0.15, -0.1) is 11.3 Å². The van der Waals surface area contributed by atoms with Gasteiger partial charge in [-0.1, -0.05) is 25.5 Å². The number of ether oxygens (including phenoxy) is 1. The standard InChI is InChI=1S/C19H19N2OS/c1-3-4-5-15-10-17(14-6-8-16(22-2)9-7-14)18(11-21-15)19-12-20-13-23-19/h6-10,12-13H,3-5H2,1-2H3. The second-order valence-corrected chi connectivity index (χ2v) is 6.23. The molecular weight excluding hydrogens is 304 g/mol. The molecule has 117 valence electrons. The summed E-state index contributed by atoms with van der Waals surface area (Å²) in [6, 6.07) is 10.3. The molecule has 0 bridgehead atoms. The molecule has 2 aromatic heterocycles. The number of aryl methyl sites for hydroxylation is 1. The van der Waals surface area contributed by atoms with Crippen LogP contribution >= 0.6 is 11.3 Å². The number of hydrogen-bond acceptors (Lipinski definition) is 4. The van der Waals surface area contributed by atoms with Crippen molar-refractivity contribution in [1.82, 2.24) is 9.97 Å². The van der Waals surface area contributed by atoms with Crippen LogP contribution in [0.4, 0.5) is 0 Å². The van der Waals surface area contributed by atoms with Crippen molar-refractivity contribution in [3.05, 3.63) is 53.9 Å². The Balaban J connectivity index is 2.05. The van der Waals surface area contributed by atoms with Gasteiger partial charge in [0.05, 0.1) is 23.7 Å². The van der Waals surface area contributed by atoms with E-state index in [0.717, 1.165) is 52.3 Å². The Bertz CT molecular complexity index is 752. The summed E-state index contributed by atoms with van der Waals surface area (Å²) in [5, 5.41) is 0. The van der Waals surface area contributed by atoms with Crippen LogP contribution in [0.1, 0.15) is 25.5 Å². The minimum atomic E-state index is 0.859. The number of pyridine rings is 1. The third-order valence-corrected chi connectivity index (χ3v) is 4.55. The molecular formula is C19H19N2OS. The lowest BCUT2D eigenvalue weighted by Crippen LogP contribution is -1.94. The third-order valence-electron chi connectivity index (χ3n) is 3.76. The van der Waals surface area contributed by atoms with E-state index >= 15 is 0 Å². The van der Waals surface area contributed by atoms with Gasteiger partial charge in [0.2, 0.25) is 0 Å². The highest BCUT2D eigenvalue weighted by Gasteiger charge is 2.12. The summed E-state index contributed by atoms with van der Waals surface area (Å²) in [5.74, 6) is 0.859. The Morgan fingerprint density at radius 3 is 2.70 bits per heavy atom. The molecule has 2 heterocycles. The van der Waals surface area contributed by atoms with Crippen molar-refractivity contribution >= 4 is 11.3 Å². The smallest absolute Gasteiger partial charge is 0.118 e. The van der Waals surface area contributed by atoms with E-state index in [9.17, 15) is 0 Å². The predicted molar refractivity (Wildman–Crippen MR) is 94.8 cm³/mol. The number of thiazole rings is 1. The van der Waals surface area contributed by atoms with Gasteiger partial charge in [0.1, 0.15) is 5.75 Å². The normalized spacial score (nSPS) is 10.7. The zero-order valence-electron chi connectivity index (χ0n) is 13.4. The lowest BCUT2D eigenvalue weighted by molar-refractivity contribution is 0.415. The maximum absolute atomic E-state index is 5.26. The molecule has 0 aliphatic carbocycles. The topological polar surface area (TPSA) is 35.0 Å². The SMILES string of the molecule is CCCCc1cc(-c2ccc(OC)cc2)c(-c2cncs2)[c]n1. The van der Waals surface area contributed by atoms with Crippen LogP contribution in [0.25, 0.3) is 21.6 Å². The molecule has 1 aromatic carbocycles. The van der Waals surface area contributed by atoms with Gasteiger partial charge in [0.25, 0.3) is 0 Å². The fraction of sp³-hybridized carbons (Fsp3) is 0.263. The van der Waals surface area contributed by atoms with Crippen molar-refractivity contribution in [2.45, 2.75) is 26.2 Å². The molecule has 0 aliphatic rings. The molecule has 0 amide bonds. The number of unbranched alkanes of at least 4 members (excludes halogenated alkanes) is 1. The first kappa shape index (κ1) is 15.7. The summed E-state index contributed by atoms with van der Waals surface area (Å²) < 4.78 is 5.26. The molecule has 4 heteroatoms. The van der Waals surface area contributed by atoms with E-state index in [1.807, 2.05) is 23.8 Å². The fourth-order valence-corrected chi connectivity index (χ4v) is 3.10. The number of hydrogen-bond donors (Lipinski definition) is 0. The van der Waals surface area contributed by atoms with Gasteiger partial charge in [-0.05, 0) is 42.2 Å². The molecule has 3 aromatic rings. The minimum Gasteiger partial charge on any atom is -0.497 e. The van der Waals surface area contributed by atoms with E-state index in [1.165, 1.54) is 0 Å². The summed E-state index contributed by atoms with van der Waals surface area (Å²) in [5.41, 5.74) is 6.24. The van der Waals surface area contributed by atoms with Crippen LogP contribution in [-0.2, 0) is 6.42 Å². The van der Waals surface area contributed by atoms with E-state index < -0.39 is 0 Å². The van der Waals surface area contributed by atoms with Gasteiger partial charge in [0.15, 0.2) is 0 Å². The van der Waals surface area contributed by atoms with Crippen molar-refractivity contribution in [3.8, 4) is 27.3 Å². The Hall–Kier alpha value is -2.20. The first-order valence-electron chi connectivity index (χ1n) is 7.76. The molecule has 0 N–H and O–H groups in total. The van der Waals surface area contributed by atoms with Crippen molar-refractivity contribution in [2.75, 3.05) is 7.11 Å². The highest BCUT2D eigenvalue weighted by molar-refractivity contribution is 7.13. The molecule has 1 radical (unpaired) electrons. The second kappa shape index (κ2) is 7.38. The highest BCUT2D eigenvalue weighted by atomic mass is 32.1. The highest BCUT2D eigenvalue weighted by Crippen LogP contribution is 2.34. The van der Waals surface area contributed by atoms with Gasteiger partial charge in [-0.25, -0.2) is 0 Å². The van der Waals surface area contributed by atoms with Crippen LogP contribution in [0.15, 0.2) is 42.0 Å². The third kappa shape index (κ3) is 3.59. The van der Waals surface area contributed by atoms with Gasteiger partial charge < -0.3 is 4.74 Å². The molecule has 3 nitrogen and oxygen atoms in total. The summed E-state index contributed by atoms with van der Waals surface area (Å²) in [6.07, 6.45) is 8.39. The fourth-order valence-electron chi connectivity index (χ4n) is 2.47. The summed E-state index contributed by atoms with van der Waals surface area (Å²) in [4.78, 5) is 9.79. The molecule has 0 saturated carbocycles. The van der Waals surface area contributed by atoms with E-state index in [1.54, 1.807) is 18.4 Å². The average Bonchev–Trinajstić information content (AvgIpc) is 3.14. The Labute approximate surface area is 141 Å². The van der Waals surface area contributed by atoms with Crippen LogP contribution in [-0.4, -0.2) is 17.1 Å². The van der Waals surface area contributed by atoms with E-state index in [2.05, 4.69) is 41.3 Å². The molecule has 0 spiro atoms. The Morgan fingerprint density at radius 1 is 1.22 bits per heavy atom. The van der Waals surface area contributed by atoms with Crippen LogP contribution in [0, 0.1) is 6.20 Å². The summed E-state index contributed by atoms with van der Waals surface area (Å²) in [6.45, 7) is 2.19. The van der Waals surface area contributed by atoms with Crippen LogP contribution in [0.3, 0.4) is 0 Å². The van der Waals surface area contributed by atoms with E-state index in [4.69, 9.17) is 4.74 Å². The maximum atomic E-state index is 5.26. The lowest BCUT2D eigenvalue weighted by atomic mass is 9.98. The Kier molecular flexibility index (Phi) is 5.03. The zero-order chi connectivity index (χ0) is 16.1. The van der Waals surface area contributed by atoms with Gasteiger partial charge in [0, 0.05) is 17.5 Å². The van der Waals surface area contributed by atoms with Crippen LogP contribution in [0.2, 0.25) is 0 Å². The summed E-state index contributed by atoms with van der Waals surface area (Å²) >= 11 is 1.61. The van der Waals surface area contributed by atoms with Gasteiger partial charge >= 0.3 is 0 Å². The first-order valence-corrected chi connectivity index (χ1v) is 8.64. The monoisotopic (exact) mass is 323 g/mol. The molecule has 0 aliphatic heterocycles. The van der Waals surface area contributed by atoms with Crippen molar-refractivity contribution in [3.63, 3.8) is 0 Å². The number of nitrogens with zero attached hydrogens (tertiary/aromatic N) is 2. The quantitative estimate of drug-likeness (QED) is 0.638. The molecule has 0 unspecified atom stereocenters. The lowest BCUT2D eigenvalue weighted by Gasteiger charge is -2.10. The van der Waals surface area contributed by atoms with E-state index in [-0.39, 0.29) is 0 Å². The second-order valence-electron chi connectivity index (χ2n) is 5.35. The number of methoxy groups -OCH3 is 1. The number of rotatable bonds is 6. The molecule has 23 heavy (non-hydrogen) atoms. The number of aromatic nitrogens is 2. The largest absolute Gasteiger partial charge is 0.497 e. The molecule has 3 rings (SSSR count). The zero-order valence-corrected chi connectivity index (χ0v) is 14.2. The van der Waals surface area contributed by atoms with Crippen molar-refractivity contribution < 1.29 is 4.74 Å². The van der Waals surface area contributed by atoms with Gasteiger partial charge in [-0.2, -0.15) is 0 Å². The molecule has 0 saturated heterocycles. The first-order chi connectivity index (χ1) is 11.3. The Morgan fingerprint density at radius 2 is 2.04 bits per heavy atom. The van der Waals surface area contributed by atoms with Crippen molar-refractivity contribution in [2.24, 2.45) is 0 Å². The van der Waals surface area contributed by atoms with Crippen molar-refractivity contribution in [1.29, 1.82) is 0 Å². The maximum Gasteiger partial charge on any atom is 0.118 e. The minimum absolute atomic E-state index is 0.859. The summed E-state index contributed by atoms with van der Waals surface area (Å²) in [7, 11) is 1.68. The number of benzene rings is 1. The average molecular weight is 323 g/mol. The molecule has 0 fully saturated rings.